The van der Waals surface area contributed by atoms with E-state index in [-0.39, 0.29) is 23.3 Å². The van der Waals surface area contributed by atoms with Gasteiger partial charge in [-0.3, -0.25) is 4.79 Å². The molecule has 116 valence electrons. The molecule has 0 aliphatic rings. The van der Waals surface area contributed by atoms with Crippen molar-refractivity contribution in [3.05, 3.63) is 29.8 Å². The van der Waals surface area contributed by atoms with Gasteiger partial charge in [0, 0.05) is 6.07 Å². The molecule has 5 N–H and O–H groups in total. The third-order valence-electron chi connectivity index (χ3n) is 2.71. The first-order chi connectivity index (χ1) is 10.5. The third-order valence-corrected chi connectivity index (χ3v) is 3.55. The number of rotatable bonds is 5. The summed E-state index contributed by atoms with van der Waals surface area (Å²) in [6.07, 6.45) is 0. The lowest BCUT2D eigenvalue weighted by Gasteiger charge is -2.10. The number of nitrogen functional groups attached to an aromatic ring is 2. The van der Waals surface area contributed by atoms with Gasteiger partial charge in [0.25, 0.3) is 0 Å². The monoisotopic (exact) mass is 319 g/mol. The lowest BCUT2D eigenvalue weighted by atomic mass is 10.2. The van der Waals surface area contributed by atoms with Gasteiger partial charge in [0.15, 0.2) is 5.16 Å². The maximum absolute atomic E-state index is 12.0. The van der Waals surface area contributed by atoms with Crippen LogP contribution in [0.3, 0.4) is 0 Å². The van der Waals surface area contributed by atoms with Crippen molar-refractivity contribution in [3.8, 4) is 5.75 Å². The van der Waals surface area contributed by atoms with E-state index in [2.05, 4.69) is 15.3 Å². The van der Waals surface area contributed by atoms with E-state index in [9.17, 15) is 4.79 Å². The number of aromatic nitrogens is 2. The van der Waals surface area contributed by atoms with Gasteiger partial charge in [-0.25, -0.2) is 9.97 Å². The number of carbonyl (C=O) groups excluding carboxylic acids is 1. The highest BCUT2D eigenvalue weighted by atomic mass is 32.2. The molecule has 1 aromatic carbocycles. The molecule has 0 radical (unpaired) electrons. The fraction of sp³-hybridized carbons (Fsp3) is 0.214. The molecule has 0 aliphatic heterocycles. The van der Waals surface area contributed by atoms with E-state index < -0.39 is 0 Å². The SMILES string of the molecule is COc1ccc(C)cc1NC(=O)CSc1nc(N)cc(N)n1. The Labute approximate surface area is 132 Å². The maximum atomic E-state index is 12.0. The third kappa shape index (κ3) is 4.26. The minimum atomic E-state index is -0.196. The predicted octanol–water partition coefficient (Wildman–Crippen LogP) is 1.69. The topological polar surface area (TPSA) is 116 Å². The highest BCUT2D eigenvalue weighted by Gasteiger charge is 2.10. The molecule has 0 saturated heterocycles. The van der Waals surface area contributed by atoms with Gasteiger partial charge in [-0.1, -0.05) is 17.8 Å². The first-order valence-corrected chi connectivity index (χ1v) is 7.44. The Morgan fingerprint density at radius 3 is 2.59 bits per heavy atom. The van der Waals surface area contributed by atoms with Gasteiger partial charge in [0.2, 0.25) is 5.91 Å². The smallest absolute Gasteiger partial charge is 0.234 e. The summed E-state index contributed by atoms with van der Waals surface area (Å²) in [5.41, 5.74) is 12.8. The lowest BCUT2D eigenvalue weighted by Crippen LogP contribution is -2.15. The van der Waals surface area contributed by atoms with E-state index in [1.165, 1.54) is 6.07 Å². The number of benzene rings is 1. The minimum Gasteiger partial charge on any atom is -0.495 e. The standard InChI is InChI=1S/C14H17N5O2S/c1-8-3-4-10(21-2)9(5-8)17-13(20)7-22-14-18-11(15)6-12(16)19-14/h3-6H,7H2,1-2H3,(H,17,20)(H4,15,16,18,19). The van der Waals surface area contributed by atoms with Crippen LogP contribution in [0.5, 0.6) is 5.75 Å². The summed E-state index contributed by atoms with van der Waals surface area (Å²) >= 11 is 1.16. The number of nitrogens with zero attached hydrogens (tertiary/aromatic N) is 2. The largest absolute Gasteiger partial charge is 0.495 e. The number of methoxy groups -OCH3 is 1. The van der Waals surface area contributed by atoms with E-state index >= 15 is 0 Å². The number of thioether (sulfide) groups is 1. The minimum absolute atomic E-state index is 0.139. The first kappa shape index (κ1) is 15.9. The zero-order valence-electron chi connectivity index (χ0n) is 12.3. The van der Waals surface area contributed by atoms with Crippen molar-refractivity contribution in [1.82, 2.24) is 9.97 Å². The summed E-state index contributed by atoms with van der Waals surface area (Å²) in [4.78, 5) is 20.0. The normalized spacial score (nSPS) is 10.3. The molecular weight excluding hydrogens is 302 g/mol. The van der Waals surface area contributed by atoms with Gasteiger partial charge in [0.05, 0.1) is 18.6 Å². The van der Waals surface area contributed by atoms with Gasteiger partial charge >= 0.3 is 0 Å². The number of carbonyl (C=O) groups is 1. The summed E-state index contributed by atoms with van der Waals surface area (Å²) in [5.74, 6) is 1.10. The summed E-state index contributed by atoms with van der Waals surface area (Å²) in [7, 11) is 1.55. The fourth-order valence-electron chi connectivity index (χ4n) is 1.76. The Kier molecular flexibility index (Phi) is 5.05. The zero-order chi connectivity index (χ0) is 16.1. The predicted molar refractivity (Wildman–Crippen MR) is 87.9 cm³/mol. The quantitative estimate of drug-likeness (QED) is 0.567. The van der Waals surface area contributed by atoms with Crippen LogP contribution in [0, 0.1) is 6.92 Å². The van der Waals surface area contributed by atoms with E-state index in [1.807, 2.05) is 19.1 Å². The molecule has 0 saturated carbocycles. The van der Waals surface area contributed by atoms with Gasteiger partial charge in [-0.2, -0.15) is 0 Å². The molecule has 8 heteroatoms. The molecular formula is C14H17N5O2S. The van der Waals surface area contributed by atoms with Gasteiger partial charge in [-0.05, 0) is 24.6 Å². The van der Waals surface area contributed by atoms with Crippen molar-refractivity contribution in [2.75, 3.05) is 29.6 Å². The summed E-state index contributed by atoms with van der Waals surface area (Å²) in [6, 6.07) is 7.02. The van der Waals surface area contributed by atoms with Crippen LogP contribution in [0.15, 0.2) is 29.4 Å². The molecule has 2 aromatic rings. The van der Waals surface area contributed by atoms with E-state index in [1.54, 1.807) is 13.2 Å². The van der Waals surface area contributed by atoms with Crippen LogP contribution in [0.1, 0.15) is 5.56 Å². The Morgan fingerprint density at radius 2 is 1.95 bits per heavy atom. The second-order valence-electron chi connectivity index (χ2n) is 4.54. The average molecular weight is 319 g/mol. The van der Waals surface area contributed by atoms with E-state index in [0.29, 0.717) is 16.6 Å². The maximum Gasteiger partial charge on any atom is 0.234 e. The van der Waals surface area contributed by atoms with Gasteiger partial charge in [-0.15, -0.1) is 0 Å². The Balaban J connectivity index is 2.00. The molecule has 7 nitrogen and oxygen atoms in total. The number of nitrogens with two attached hydrogens (primary N) is 2. The van der Waals surface area contributed by atoms with Crippen molar-refractivity contribution in [2.24, 2.45) is 0 Å². The van der Waals surface area contributed by atoms with Gasteiger partial charge in [0.1, 0.15) is 17.4 Å². The van der Waals surface area contributed by atoms with Gasteiger partial charge < -0.3 is 21.5 Å². The molecule has 0 spiro atoms. The molecule has 0 aliphatic carbocycles. The lowest BCUT2D eigenvalue weighted by molar-refractivity contribution is -0.113. The Morgan fingerprint density at radius 1 is 1.27 bits per heavy atom. The van der Waals surface area contributed by atoms with Crippen LogP contribution in [-0.4, -0.2) is 28.7 Å². The number of amides is 1. The molecule has 22 heavy (non-hydrogen) atoms. The van der Waals surface area contributed by atoms with Crippen LogP contribution in [0.2, 0.25) is 0 Å². The number of anilines is 3. The molecule has 0 fully saturated rings. The van der Waals surface area contributed by atoms with Crippen LogP contribution >= 0.6 is 11.8 Å². The summed E-state index contributed by atoms with van der Waals surface area (Å²) in [5, 5.41) is 3.16. The van der Waals surface area contributed by atoms with Crippen molar-refractivity contribution in [1.29, 1.82) is 0 Å². The van der Waals surface area contributed by atoms with Crippen molar-refractivity contribution in [3.63, 3.8) is 0 Å². The van der Waals surface area contributed by atoms with E-state index in [0.717, 1.165) is 17.3 Å². The second-order valence-corrected chi connectivity index (χ2v) is 5.48. The number of hydrogen-bond acceptors (Lipinski definition) is 7. The zero-order valence-corrected chi connectivity index (χ0v) is 13.1. The molecule has 0 atom stereocenters. The van der Waals surface area contributed by atoms with Crippen molar-refractivity contribution in [2.45, 2.75) is 12.1 Å². The van der Waals surface area contributed by atoms with Crippen molar-refractivity contribution >= 4 is 35.0 Å². The Bertz CT molecular complexity index is 673. The van der Waals surface area contributed by atoms with Crippen molar-refractivity contribution < 1.29 is 9.53 Å². The highest BCUT2D eigenvalue weighted by Crippen LogP contribution is 2.25. The number of hydrogen-bond donors (Lipinski definition) is 3. The summed E-state index contributed by atoms with van der Waals surface area (Å²) < 4.78 is 5.22. The number of aryl methyl sites for hydroxylation is 1. The summed E-state index contributed by atoms with van der Waals surface area (Å²) in [6.45, 7) is 1.94. The molecule has 2 rings (SSSR count). The molecule has 1 aromatic heterocycles. The number of nitrogens with one attached hydrogen (secondary N) is 1. The highest BCUT2D eigenvalue weighted by molar-refractivity contribution is 7.99. The fourth-order valence-corrected chi connectivity index (χ4v) is 2.43. The number of ether oxygens (including phenoxy) is 1. The molecule has 0 unspecified atom stereocenters. The molecule has 1 heterocycles. The average Bonchev–Trinajstić information content (AvgIpc) is 2.44. The van der Waals surface area contributed by atoms with Crippen LogP contribution in [0.4, 0.5) is 17.3 Å². The van der Waals surface area contributed by atoms with Crippen LogP contribution in [0.25, 0.3) is 0 Å². The Hall–Kier alpha value is -2.48. The van der Waals surface area contributed by atoms with Crippen LogP contribution in [-0.2, 0) is 4.79 Å². The van der Waals surface area contributed by atoms with Crippen LogP contribution < -0.4 is 21.5 Å². The van der Waals surface area contributed by atoms with E-state index in [4.69, 9.17) is 16.2 Å². The molecule has 1 amide bonds. The second kappa shape index (κ2) is 6.99. The first-order valence-electron chi connectivity index (χ1n) is 6.45. The molecule has 0 bridgehead atoms.